The number of anilines is 2. The standard InChI is InChI=1S/C43H60F2N8O/c1-29(2)37-25-39(31(5)6)52(46-37)27-41(50-21-17-48(18-22-50)35-13-9-33(44)10-14-35)43(54)42(28-53-40(32(7)8)26-38(47-53)30(3)4)51-23-19-49(20-24-51)36-15-11-34(45)12-16-36/h9-16,25-26,29-32,41-42H,17-24,27-28H2,1-8H3. The number of piperazine rings is 2. The molecular formula is C43H60F2N8O. The molecule has 6 rings (SSSR count). The van der Waals surface area contributed by atoms with E-state index >= 15 is 4.79 Å². The van der Waals surface area contributed by atoms with Crippen molar-refractivity contribution in [2.45, 2.75) is 104 Å². The molecule has 2 fully saturated rings. The van der Waals surface area contributed by atoms with E-state index in [1.807, 2.05) is 24.3 Å². The molecule has 54 heavy (non-hydrogen) atoms. The van der Waals surface area contributed by atoms with Crippen molar-refractivity contribution in [3.63, 3.8) is 0 Å². The molecule has 0 bridgehead atoms. The Balaban J connectivity index is 1.35. The summed E-state index contributed by atoms with van der Waals surface area (Å²) in [7, 11) is 0. The molecule has 2 aliphatic rings. The van der Waals surface area contributed by atoms with Gasteiger partial charge in [-0.05, 0) is 84.3 Å². The monoisotopic (exact) mass is 742 g/mol. The molecule has 9 nitrogen and oxygen atoms in total. The lowest BCUT2D eigenvalue weighted by atomic mass is 9.99. The number of carbonyl (C=O) groups excluding carboxylic acids is 1. The van der Waals surface area contributed by atoms with E-state index in [1.54, 1.807) is 0 Å². The molecule has 0 aliphatic carbocycles. The number of hydrogen-bond acceptors (Lipinski definition) is 7. The van der Waals surface area contributed by atoms with Crippen molar-refractivity contribution in [2.24, 2.45) is 0 Å². The van der Waals surface area contributed by atoms with Crippen LogP contribution in [-0.4, -0.2) is 99.6 Å². The number of benzene rings is 2. The molecule has 2 atom stereocenters. The van der Waals surface area contributed by atoms with E-state index in [1.165, 1.54) is 24.3 Å². The highest BCUT2D eigenvalue weighted by Crippen LogP contribution is 2.27. The van der Waals surface area contributed by atoms with Gasteiger partial charge in [-0.15, -0.1) is 0 Å². The Morgan fingerprint density at radius 1 is 0.537 bits per heavy atom. The minimum absolute atomic E-state index is 0.188. The Bertz CT molecular complexity index is 1680. The highest BCUT2D eigenvalue weighted by Gasteiger charge is 2.39. The van der Waals surface area contributed by atoms with Crippen LogP contribution in [-0.2, 0) is 17.9 Å². The lowest BCUT2D eigenvalue weighted by Gasteiger charge is -2.44. The fraction of sp³-hybridized carbons (Fsp3) is 0.558. The SMILES string of the molecule is CC(C)c1cc(C(C)C)n(CC(C(=O)C(Cn2nc(C(C)C)cc2C(C)C)N2CCN(c3ccc(F)cc3)CC2)N2CCN(c3ccc(F)cc3)CC2)n1. The summed E-state index contributed by atoms with van der Waals surface area (Å²) in [6.45, 7) is 24.1. The molecule has 4 aromatic rings. The number of nitrogens with zero attached hydrogens (tertiary/aromatic N) is 8. The zero-order chi connectivity index (χ0) is 38.7. The zero-order valence-corrected chi connectivity index (χ0v) is 33.6. The largest absolute Gasteiger partial charge is 0.369 e. The number of aromatic nitrogens is 4. The van der Waals surface area contributed by atoms with Gasteiger partial charge in [-0.1, -0.05) is 55.4 Å². The van der Waals surface area contributed by atoms with E-state index < -0.39 is 12.1 Å². The molecule has 0 spiro atoms. The summed E-state index contributed by atoms with van der Waals surface area (Å²) in [5.41, 5.74) is 6.35. The van der Waals surface area contributed by atoms with Crippen molar-refractivity contribution >= 4 is 17.2 Å². The molecule has 2 saturated heterocycles. The van der Waals surface area contributed by atoms with Gasteiger partial charge in [0.05, 0.1) is 36.6 Å². The normalized spacial score (nSPS) is 17.4. The topological polar surface area (TPSA) is 65.7 Å². The Morgan fingerprint density at radius 2 is 0.870 bits per heavy atom. The number of ketones is 1. The van der Waals surface area contributed by atoms with E-state index in [0.717, 1.165) is 60.3 Å². The van der Waals surface area contributed by atoms with Crippen LogP contribution in [0.4, 0.5) is 20.2 Å². The maximum atomic E-state index is 15.6. The Hall–Kier alpha value is -4.09. The predicted octanol–water partition coefficient (Wildman–Crippen LogP) is 7.50. The predicted molar refractivity (Wildman–Crippen MR) is 214 cm³/mol. The molecule has 0 amide bonds. The molecule has 0 N–H and O–H groups in total. The van der Waals surface area contributed by atoms with E-state index in [-0.39, 0.29) is 41.1 Å². The maximum Gasteiger partial charge on any atom is 0.170 e. The van der Waals surface area contributed by atoms with Gasteiger partial charge in [-0.2, -0.15) is 10.2 Å². The minimum atomic E-state index is -0.416. The summed E-state index contributed by atoms with van der Waals surface area (Å²) in [5.74, 6) is 0.738. The molecule has 4 heterocycles. The summed E-state index contributed by atoms with van der Waals surface area (Å²) >= 11 is 0. The van der Waals surface area contributed by atoms with Crippen LogP contribution in [0.15, 0.2) is 60.7 Å². The summed E-state index contributed by atoms with van der Waals surface area (Å²) in [5, 5.41) is 10.2. The highest BCUT2D eigenvalue weighted by molar-refractivity contribution is 5.89. The fourth-order valence-corrected chi connectivity index (χ4v) is 7.90. The average molecular weight is 743 g/mol. The molecule has 2 aromatic heterocycles. The molecule has 292 valence electrons. The summed E-state index contributed by atoms with van der Waals surface area (Å²) < 4.78 is 31.8. The van der Waals surface area contributed by atoms with Crippen molar-refractivity contribution in [3.05, 3.63) is 95.1 Å². The molecule has 0 radical (unpaired) electrons. The molecule has 11 heteroatoms. The highest BCUT2D eigenvalue weighted by atomic mass is 19.1. The second kappa shape index (κ2) is 17.1. The quantitative estimate of drug-likeness (QED) is 0.133. The van der Waals surface area contributed by atoms with Crippen molar-refractivity contribution in [3.8, 4) is 0 Å². The van der Waals surface area contributed by atoms with Gasteiger partial charge < -0.3 is 9.80 Å². The zero-order valence-electron chi connectivity index (χ0n) is 33.6. The van der Waals surface area contributed by atoms with Crippen molar-refractivity contribution in [1.29, 1.82) is 0 Å². The van der Waals surface area contributed by atoms with Gasteiger partial charge in [0.15, 0.2) is 5.78 Å². The van der Waals surface area contributed by atoms with E-state index in [2.05, 4.69) is 96.5 Å². The first-order valence-corrected chi connectivity index (χ1v) is 20.0. The number of hydrogen-bond donors (Lipinski definition) is 0. The summed E-state index contributed by atoms with van der Waals surface area (Å²) in [4.78, 5) is 24.9. The lowest BCUT2D eigenvalue weighted by Crippen LogP contribution is -2.61. The van der Waals surface area contributed by atoms with Crippen LogP contribution >= 0.6 is 0 Å². The third-order valence-electron chi connectivity index (χ3n) is 11.3. The van der Waals surface area contributed by atoms with Gasteiger partial charge in [-0.25, -0.2) is 8.78 Å². The Morgan fingerprint density at radius 3 is 1.17 bits per heavy atom. The second-order valence-electron chi connectivity index (χ2n) is 16.4. The van der Waals surface area contributed by atoms with Gasteiger partial charge >= 0.3 is 0 Å². The van der Waals surface area contributed by atoms with Gasteiger partial charge in [0.25, 0.3) is 0 Å². The first-order valence-electron chi connectivity index (χ1n) is 20.0. The van der Waals surface area contributed by atoms with Crippen LogP contribution in [0.25, 0.3) is 0 Å². The third-order valence-corrected chi connectivity index (χ3v) is 11.3. The number of Topliss-reactive ketones (excluding diaryl/α,β-unsaturated/α-hetero) is 1. The van der Waals surface area contributed by atoms with Crippen LogP contribution in [0.3, 0.4) is 0 Å². The Kier molecular flexibility index (Phi) is 12.6. The smallest absolute Gasteiger partial charge is 0.170 e. The number of rotatable bonds is 14. The van der Waals surface area contributed by atoms with Gasteiger partial charge in [-0.3, -0.25) is 24.0 Å². The molecule has 2 aliphatic heterocycles. The van der Waals surface area contributed by atoms with Crippen LogP contribution in [0.2, 0.25) is 0 Å². The van der Waals surface area contributed by atoms with Crippen LogP contribution in [0, 0.1) is 11.6 Å². The van der Waals surface area contributed by atoms with Gasteiger partial charge in [0, 0.05) is 75.1 Å². The van der Waals surface area contributed by atoms with Gasteiger partial charge in [0.1, 0.15) is 11.6 Å². The summed E-state index contributed by atoms with van der Waals surface area (Å²) in [6.07, 6.45) is 0. The minimum Gasteiger partial charge on any atom is -0.369 e. The third kappa shape index (κ3) is 9.05. The van der Waals surface area contributed by atoms with E-state index in [4.69, 9.17) is 10.2 Å². The first kappa shape index (κ1) is 39.6. The molecule has 2 unspecified atom stereocenters. The molecule has 2 aromatic carbocycles. The molecule has 0 saturated carbocycles. The van der Waals surface area contributed by atoms with Gasteiger partial charge in [0.2, 0.25) is 0 Å². The Labute approximate surface area is 320 Å². The van der Waals surface area contributed by atoms with Crippen molar-refractivity contribution in [1.82, 2.24) is 29.4 Å². The molecular weight excluding hydrogens is 683 g/mol. The second-order valence-corrected chi connectivity index (χ2v) is 16.4. The van der Waals surface area contributed by atoms with Crippen LogP contribution in [0.1, 0.15) is 102 Å². The lowest BCUT2D eigenvalue weighted by molar-refractivity contribution is -0.131. The maximum absolute atomic E-state index is 15.6. The fourth-order valence-electron chi connectivity index (χ4n) is 7.90. The van der Waals surface area contributed by atoms with Crippen LogP contribution in [0.5, 0.6) is 0 Å². The summed E-state index contributed by atoms with van der Waals surface area (Å²) in [6, 6.07) is 17.0. The van der Waals surface area contributed by atoms with Crippen LogP contribution < -0.4 is 9.80 Å². The van der Waals surface area contributed by atoms with E-state index in [0.29, 0.717) is 39.3 Å². The van der Waals surface area contributed by atoms with Crippen molar-refractivity contribution < 1.29 is 13.6 Å². The number of halogens is 2. The first-order chi connectivity index (χ1) is 25.8. The number of carbonyl (C=O) groups is 1. The van der Waals surface area contributed by atoms with Crippen molar-refractivity contribution in [2.75, 3.05) is 62.2 Å². The van der Waals surface area contributed by atoms with E-state index in [9.17, 15) is 8.78 Å². The average Bonchev–Trinajstić information content (AvgIpc) is 3.79.